The third kappa shape index (κ3) is 2.43. The molecular formula is C15H14N4O2. The van der Waals surface area contributed by atoms with Gasteiger partial charge in [-0.25, -0.2) is 14.8 Å². The summed E-state index contributed by atoms with van der Waals surface area (Å²) in [6.45, 7) is 0.521. The Bertz CT molecular complexity index is 810. The van der Waals surface area contributed by atoms with Crippen LogP contribution in [-0.2, 0) is 13.6 Å². The van der Waals surface area contributed by atoms with Crippen LogP contribution in [0.3, 0.4) is 0 Å². The minimum Gasteiger partial charge on any atom is -0.478 e. The molecule has 3 rings (SSSR count). The molecule has 0 fully saturated rings. The third-order valence-corrected chi connectivity index (χ3v) is 3.36. The average Bonchev–Trinajstić information content (AvgIpc) is 2.89. The lowest BCUT2D eigenvalue weighted by Gasteiger charge is -2.10. The lowest BCUT2D eigenvalue weighted by atomic mass is 10.1. The first-order chi connectivity index (χ1) is 10.2. The number of nitrogens with zero attached hydrogens (tertiary/aromatic N) is 3. The summed E-state index contributed by atoms with van der Waals surface area (Å²) in [5, 5.41) is 13.9. The highest BCUT2D eigenvalue weighted by Gasteiger charge is 2.12. The van der Waals surface area contributed by atoms with Gasteiger partial charge < -0.3 is 15.0 Å². The molecule has 0 aliphatic rings. The van der Waals surface area contributed by atoms with E-state index in [2.05, 4.69) is 15.3 Å². The molecule has 0 saturated carbocycles. The highest BCUT2D eigenvalue weighted by molar-refractivity contribution is 6.06. The van der Waals surface area contributed by atoms with Gasteiger partial charge in [0.15, 0.2) is 0 Å². The standard InChI is InChI=1S/C15H14N4O2/c1-19-7-6-16-13(19)9-18-14-11-5-3-2-4-10(11)12(8-17-14)15(20)21/h2-8H,9H2,1H3,(H,17,18)(H,20,21). The van der Waals surface area contributed by atoms with Crippen LogP contribution in [0.1, 0.15) is 16.2 Å². The van der Waals surface area contributed by atoms with Crippen LogP contribution < -0.4 is 5.32 Å². The molecule has 0 amide bonds. The lowest BCUT2D eigenvalue weighted by molar-refractivity contribution is 0.0698. The van der Waals surface area contributed by atoms with E-state index in [4.69, 9.17) is 0 Å². The van der Waals surface area contributed by atoms with Crippen LogP contribution in [0, 0.1) is 0 Å². The number of aryl methyl sites for hydroxylation is 1. The summed E-state index contributed by atoms with van der Waals surface area (Å²) in [4.78, 5) is 19.7. The third-order valence-electron chi connectivity index (χ3n) is 3.36. The molecule has 0 radical (unpaired) electrons. The highest BCUT2D eigenvalue weighted by atomic mass is 16.4. The fourth-order valence-corrected chi connectivity index (χ4v) is 2.23. The second-order valence-electron chi connectivity index (χ2n) is 4.68. The van der Waals surface area contributed by atoms with Gasteiger partial charge in [-0.15, -0.1) is 0 Å². The summed E-state index contributed by atoms with van der Waals surface area (Å²) < 4.78 is 1.92. The number of pyridine rings is 1. The maximum absolute atomic E-state index is 11.2. The Balaban J connectivity index is 1.98. The number of aromatic nitrogens is 3. The Hall–Kier alpha value is -2.89. The summed E-state index contributed by atoms with van der Waals surface area (Å²) >= 11 is 0. The van der Waals surface area contributed by atoms with Gasteiger partial charge >= 0.3 is 5.97 Å². The fraction of sp³-hybridized carbons (Fsp3) is 0.133. The van der Waals surface area contributed by atoms with Crippen molar-refractivity contribution in [3.05, 3.63) is 54.2 Å². The zero-order valence-corrected chi connectivity index (χ0v) is 11.4. The molecule has 0 aliphatic carbocycles. The maximum Gasteiger partial charge on any atom is 0.337 e. The van der Waals surface area contributed by atoms with Gasteiger partial charge in [0.2, 0.25) is 0 Å². The van der Waals surface area contributed by atoms with Gasteiger partial charge in [0, 0.05) is 36.4 Å². The van der Waals surface area contributed by atoms with Gasteiger partial charge in [-0.2, -0.15) is 0 Å². The van der Waals surface area contributed by atoms with Crippen LogP contribution in [0.25, 0.3) is 10.8 Å². The second kappa shape index (κ2) is 5.24. The Labute approximate surface area is 121 Å². The van der Waals surface area contributed by atoms with Crippen molar-refractivity contribution >= 4 is 22.6 Å². The summed E-state index contributed by atoms with van der Waals surface area (Å²) in [5.74, 6) is 0.552. The highest BCUT2D eigenvalue weighted by Crippen LogP contribution is 2.24. The van der Waals surface area contributed by atoms with Crippen LogP contribution in [0.15, 0.2) is 42.9 Å². The number of benzene rings is 1. The summed E-state index contributed by atoms with van der Waals surface area (Å²) in [6.07, 6.45) is 4.98. The van der Waals surface area contributed by atoms with Crippen molar-refractivity contribution in [2.75, 3.05) is 5.32 Å². The zero-order chi connectivity index (χ0) is 14.8. The number of nitrogens with one attached hydrogen (secondary N) is 1. The molecule has 3 aromatic rings. The van der Waals surface area contributed by atoms with Crippen molar-refractivity contribution in [1.82, 2.24) is 14.5 Å². The van der Waals surface area contributed by atoms with Gasteiger partial charge in [-0.05, 0) is 0 Å². The smallest absolute Gasteiger partial charge is 0.337 e. The minimum absolute atomic E-state index is 0.202. The molecule has 0 aliphatic heterocycles. The molecule has 106 valence electrons. The quantitative estimate of drug-likeness (QED) is 0.767. The van der Waals surface area contributed by atoms with Crippen molar-refractivity contribution in [1.29, 1.82) is 0 Å². The van der Waals surface area contributed by atoms with Gasteiger partial charge in [-0.3, -0.25) is 0 Å². The van der Waals surface area contributed by atoms with Gasteiger partial charge in [-0.1, -0.05) is 24.3 Å². The Kier molecular flexibility index (Phi) is 3.27. The van der Waals surface area contributed by atoms with Crippen LogP contribution in [0.2, 0.25) is 0 Å². The van der Waals surface area contributed by atoms with E-state index in [0.717, 1.165) is 11.2 Å². The first-order valence-corrected chi connectivity index (χ1v) is 6.48. The number of aromatic carboxylic acids is 1. The summed E-state index contributed by atoms with van der Waals surface area (Å²) in [6, 6.07) is 7.32. The number of carbonyl (C=O) groups is 1. The Morgan fingerprint density at radius 3 is 2.71 bits per heavy atom. The SMILES string of the molecule is Cn1ccnc1CNc1ncc(C(=O)O)c2ccccc12. The zero-order valence-electron chi connectivity index (χ0n) is 11.4. The lowest BCUT2D eigenvalue weighted by Crippen LogP contribution is -2.08. The fourth-order valence-electron chi connectivity index (χ4n) is 2.23. The molecule has 6 heteroatoms. The molecular weight excluding hydrogens is 268 g/mol. The summed E-state index contributed by atoms with van der Waals surface area (Å²) in [7, 11) is 1.92. The van der Waals surface area contributed by atoms with Crippen molar-refractivity contribution in [2.45, 2.75) is 6.54 Å². The van der Waals surface area contributed by atoms with E-state index in [1.807, 2.05) is 36.0 Å². The second-order valence-corrected chi connectivity index (χ2v) is 4.68. The van der Waals surface area contributed by atoms with E-state index < -0.39 is 5.97 Å². The normalized spacial score (nSPS) is 10.7. The number of fused-ring (bicyclic) bond motifs is 1. The molecule has 1 aromatic carbocycles. The van der Waals surface area contributed by atoms with E-state index in [0.29, 0.717) is 17.7 Å². The Morgan fingerprint density at radius 2 is 2.05 bits per heavy atom. The Morgan fingerprint density at radius 1 is 1.29 bits per heavy atom. The number of hydrogen-bond acceptors (Lipinski definition) is 4. The largest absolute Gasteiger partial charge is 0.478 e. The monoisotopic (exact) mass is 282 g/mol. The van der Waals surface area contributed by atoms with Crippen molar-refractivity contribution in [2.24, 2.45) is 7.05 Å². The van der Waals surface area contributed by atoms with E-state index in [1.165, 1.54) is 6.20 Å². The van der Waals surface area contributed by atoms with E-state index >= 15 is 0 Å². The van der Waals surface area contributed by atoms with Crippen LogP contribution in [0.5, 0.6) is 0 Å². The molecule has 2 heterocycles. The van der Waals surface area contributed by atoms with E-state index in [-0.39, 0.29) is 5.56 Å². The number of carboxylic acids is 1. The predicted molar refractivity (Wildman–Crippen MR) is 79.2 cm³/mol. The van der Waals surface area contributed by atoms with Crippen molar-refractivity contribution < 1.29 is 9.90 Å². The van der Waals surface area contributed by atoms with Crippen molar-refractivity contribution in [3.8, 4) is 0 Å². The molecule has 0 spiro atoms. The number of imidazole rings is 1. The number of anilines is 1. The van der Waals surface area contributed by atoms with Crippen LogP contribution in [-0.4, -0.2) is 25.6 Å². The topological polar surface area (TPSA) is 80.0 Å². The average molecular weight is 282 g/mol. The van der Waals surface area contributed by atoms with E-state index in [1.54, 1.807) is 12.3 Å². The molecule has 0 bridgehead atoms. The maximum atomic E-state index is 11.2. The molecule has 0 atom stereocenters. The molecule has 2 aromatic heterocycles. The molecule has 0 saturated heterocycles. The molecule has 0 unspecified atom stereocenters. The predicted octanol–water partition coefficient (Wildman–Crippen LogP) is 2.28. The van der Waals surface area contributed by atoms with Gasteiger partial charge in [0.25, 0.3) is 0 Å². The molecule has 21 heavy (non-hydrogen) atoms. The summed E-state index contributed by atoms with van der Waals surface area (Å²) in [5.41, 5.74) is 0.202. The van der Waals surface area contributed by atoms with Gasteiger partial charge in [0.1, 0.15) is 11.6 Å². The molecule has 6 nitrogen and oxygen atoms in total. The number of rotatable bonds is 4. The minimum atomic E-state index is -0.977. The van der Waals surface area contributed by atoms with Crippen molar-refractivity contribution in [3.63, 3.8) is 0 Å². The van der Waals surface area contributed by atoms with E-state index in [9.17, 15) is 9.90 Å². The van der Waals surface area contributed by atoms with Gasteiger partial charge in [0.05, 0.1) is 12.1 Å². The van der Waals surface area contributed by atoms with Crippen LogP contribution in [0.4, 0.5) is 5.82 Å². The molecule has 2 N–H and O–H groups in total. The number of carboxylic acid groups (broad SMARTS) is 1. The first kappa shape index (κ1) is 13.1. The first-order valence-electron chi connectivity index (χ1n) is 6.48. The number of hydrogen-bond donors (Lipinski definition) is 2. The van der Waals surface area contributed by atoms with Crippen LogP contribution >= 0.6 is 0 Å².